The summed E-state index contributed by atoms with van der Waals surface area (Å²) in [6, 6.07) is 25.2. The fourth-order valence-electron chi connectivity index (χ4n) is 5.86. The second kappa shape index (κ2) is 13.8. The Morgan fingerprint density at radius 2 is 1.50 bits per heavy atom. The van der Waals surface area contributed by atoms with Gasteiger partial charge in [0.1, 0.15) is 35.4 Å². The fourth-order valence-corrected chi connectivity index (χ4v) is 5.86. The van der Waals surface area contributed by atoms with Crippen LogP contribution in [0.25, 0.3) is 11.2 Å². The van der Waals surface area contributed by atoms with Crippen molar-refractivity contribution in [2.45, 2.75) is 30.1 Å². The maximum Gasteiger partial charge on any atom is 0.278 e. The molecule has 1 fully saturated rings. The number of nitrogens with one attached hydrogen (secondary N) is 1. The summed E-state index contributed by atoms with van der Waals surface area (Å²) in [7, 11) is 4.81. The fraction of sp³-hybridized carbons (Fsp3) is 0.324. The molecule has 0 spiro atoms. The molecular formula is C34H36N4O8. The molecule has 46 heavy (non-hydrogen) atoms. The number of aromatic amines is 1. The van der Waals surface area contributed by atoms with Gasteiger partial charge < -0.3 is 38.5 Å². The molecule has 1 aliphatic rings. The van der Waals surface area contributed by atoms with Crippen LogP contribution in [-0.2, 0) is 24.5 Å². The van der Waals surface area contributed by atoms with Crippen LogP contribution in [0.4, 0.5) is 0 Å². The van der Waals surface area contributed by atoms with Gasteiger partial charge >= 0.3 is 0 Å². The van der Waals surface area contributed by atoms with Gasteiger partial charge in [-0.2, -0.15) is 0 Å². The molecule has 0 saturated carbocycles. The normalized spacial score (nSPS) is 19.8. The lowest BCUT2D eigenvalue weighted by Crippen LogP contribution is -2.40. The van der Waals surface area contributed by atoms with Crippen molar-refractivity contribution < 1.29 is 33.5 Å². The third-order valence-corrected chi connectivity index (χ3v) is 8.19. The van der Waals surface area contributed by atoms with Crippen molar-refractivity contribution in [3.05, 3.63) is 119 Å². The van der Waals surface area contributed by atoms with Crippen LogP contribution < -0.4 is 15.0 Å². The second-order valence-electron chi connectivity index (χ2n) is 10.8. The molecule has 12 nitrogen and oxygen atoms in total. The molecule has 12 heteroatoms. The minimum atomic E-state index is -1.12. The van der Waals surface area contributed by atoms with Crippen LogP contribution in [0.3, 0.4) is 0 Å². The van der Waals surface area contributed by atoms with Crippen molar-refractivity contribution in [2.75, 3.05) is 41.2 Å². The molecule has 240 valence electrons. The van der Waals surface area contributed by atoms with Crippen molar-refractivity contribution in [3.63, 3.8) is 0 Å². The Hall–Kier alpha value is -4.59. The van der Waals surface area contributed by atoms with Gasteiger partial charge in [-0.05, 0) is 41.0 Å². The lowest BCUT2D eigenvalue weighted by molar-refractivity contribution is -0.0970. The number of H-pyrrole nitrogens is 1. The maximum absolute atomic E-state index is 12.4. The van der Waals surface area contributed by atoms with Crippen LogP contribution >= 0.6 is 0 Å². The largest absolute Gasteiger partial charge is 0.497 e. The molecule has 1 saturated heterocycles. The summed E-state index contributed by atoms with van der Waals surface area (Å²) < 4.78 is 37.2. The van der Waals surface area contributed by atoms with Crippen LogP contribution in [-0.4, -0.2) is 84.1 Å². The Kier molecular flexibility index (Phi) is 9.43. The second-order valence-corrected chi connectivity index (χ2v) is 10.8. The highest BCUT2D eigenvalue weighted by molar-refractivity contribution is 5.68. The number of aromatic nitrogens is 4. The Morgan fingerprint density at radius 3 is 2.11 bits per heavy atom. The van der Waals surface area contributed by atoms with Gasteiger partial charge in [0.2, 0.25) is 0 Å². The zero-order valence-electron chi connectivity index (χ0n) is 25.7. The monoisotopic (exact) mass is 628 g/mol. The summed E-state index contributed by atoms with van der Waals surface area (Å²) >= 11 is 0. The van der Waals surface area contributed by atoms with Gasteiger partial charge in [-0.25, -0.2) is 9.97 Å². The van der Waals surface area contributed by atoms with E-state index in [4.69, 9.17) is 28.4 Å². The third kappa shape index (κ3) is 5.88. The van der Waals surface area contributed by atoms with E-state index in [2.05, 4.69) is 15.0 Å². The first kappa shape index (κ1) is 31.4. The number of aliphatic hydroxyl groups excluding tert-OH is 1. The molecule has 3 heterocycles. The minimum absolute atomic E-state index is 0.0323. The summed E-state index contributed by atoms with van der Waals surface area (Å²) in [5, 5.41) is 11.7. The predicted octanol–water partition coefficient (Wildman–Crippen LogP) is 3.44. The van der Waals surface area contributed by atoms with Crippen molar-refractivity contribution in [1.29, 1.82) is 0 Å². The van der Waals surface area contributed by atoms with Crippen LogP contribution in [0.1, 0.15) is 22.9 Å². The predicted molar refractivity (Wildman–Crippen MR) is 168 cm³/mol. The maximum atomic E-state index is 12.4. The molecular weight excluding hydrogens is 592 g/mol. The molecule has 0 unspecified atom stereocenters. The highest BCUT2D eigenvalue weighted by Gasteiger charge is 2.48. The first-order valence-electron chi connectivity index (χ1n) is 14.8. The van der Waals surface area contributed by atoms with Crippen molar-refractivity contribution in [2.24, 2.45) is 0 Å². The quantitative estimate of drug-likeness (QED) is 0.147. The third-order valence-electron chi connectivity index (χ3n) is 8.19. The standard InChI is InChI=1S/C34H36N4O8/c1-41-17-18-44-30-29(39)27(46-33(30)38-21-37-28-31(38)35-20-36-32(28)40)19-45-34(22-7-5-4-6-8-22,23-9-13-25(42-2)14-10-23)24-11-15-26(43-3)16-12-24/h4-16,20-21,27,29-30,33,39H,17-19H2,1-3H3,(H,35,36,40)/t27-,29-,30-,33-/m1/s1. The summed E-state index contributed by atoms with van der Waals surface area (Å²) in [5.41, 5.74) is 1.49. The summed E-state index contributed by atoms with van der Waals surface area (Å²) in [6.45, 7) is 0.485. The average molecular weight is 629 g/mol. The van der Waals surface area contributed by atoms with E-state index in [0.717, 1.165) is 16.7 Å². The Balaban J connectivity index is 1.40. The van der Waals surface area contributed by atoms with Crippen molar-refractivity contribution >= 4 is 11.2 Å². The number of hydrogen-bond donors (Lipinski definition) is 2. The Labute approximate surface area is 265 Å². The molecule has 0 radical (unpaired) electrons. The number of aliphatic hydroxyl groups is 1. The van der Waals surface area contributed by atoms with E-state index in [1.165, 1.54) is 12.7 Å². The SMILES string of the molecule is COCCO[C@@H]1[C@H](O)[C@@H](COC(c2ccccc2)(c2ccc(OC)cc2)c2ccc(OC)cc2)O[C@H]1n1cnc2c(=O)[nH]cnc21. The number of fused-ring (bicyclic) bond motifs is 1. The minimum Gasteiger partial charge on any atom is -0.497 e. The van der Waals surface area contributed by atoms with Crippen LogP contribution in [0, 0.1) is 0 Å². The lowest BCUT2D eigenvalue weighted by atomic mass is 9.80. The van der Waals surface area contributed by atoms with E-state index < -0.39 is 30.1 Å². The van der Waals surface area contributed by atoms with E-state index in [1.54, 1.807) is 25.9 Å². The van der Waals surface area contributed by atoms with Gasteiger partial charge in [0.25, 0.3) is 5.56 Å². The highest BCUT2D eigenvalue weighted by atomic mass is 16.6. The van der Waals surface area contributed by atoms with E-state index in [9.17, 15) is 9.90 Å². The highest BCUT2D eigenvalue weighted by Crippen LogP contribution is 2.43. The topological polar surface area (TPSA) is 139 Å². The molecule has 0 aliphatic carbocycles. The van der Waals surface area contributed by atoms with Crippen molar-refractivity contribution in [1.82, 2.24) is 19.5 Å². The zero-order valence-corrected chi connectivity index (χ0v) is 25.7. The number of ether oxygens (including phenoxy) is 6. The smallest absolute Gasteiger partial charge is 0.278 e. The first-order valence-corrected chi connectivity index (χ1v) is 14.8. The van der Waals surface area contributed by atoms with E-state index >= 15 is 0 Å². The molecule has 3 aromatic carbocycles. The van der Waals surface area contributed by atoms with Gasteiger partial charge in [0.15, 0.2) is 17.4 Å². The Morgan fingerprint density at radius 1 is 0.870 bits per heavy atom. The van der Waals surface area contributed by atoms with Crippen LogP contribution in [0.5, 0.6) is 11.5 Å². The van der Waals surface area contributed by atoms with Gasteiger partial charge in [-0.15, -0.1) is 0 Å². The summed E-state index contributed by atoms with van der Waals surface area (Å²) in [4.78, 5) is 23.5. The van der Waals surface area contributed by atoms with E-state index in [0.29, 0.717) is 23.8 Å². The van der Waals surface area contributed by atoms with Crippen molar-refractivity contribution in [3.8, 4) is 11.5 Å². The van der Waals surface area contributed by atoms with Gasteiger partial charge in [0, 0.05) is 7.11 Å². The number of hydrogen-bond acceptors (Lipinski definition) is 10. The number of rotatable bonds is 13. The molecule has 6 rings (SSSR count). The van der Waals surface area contributed by atoms with E-state index in [1.807, 2.05) is 78.9 Å². The van der Waals surface area contributed by atoms with Gasteiger partial charge in [-0.3, -0.25) is 9.36 Å². The molecule has 2 aromatic heterocycles. The number of benzene rings is 3. The summed E-state index contributed by atoms with van der Waals surface area (Å²) in [5.74, 6) is 1.41. The number of imidazole rings is 1. The Bertz CT molecular complexity index is 1730. The molecule has 0 amide bonds. The van der Waals surface area contributed by atoms with Gasteiger partial charge in [0.05, 0.1) is 46.7 Å². The summed E-state index contributed by atoms with van der Waals surface area (Å²) in [6.07, 6.45) is -0.877. The molecule has 4 atom stereocenters. The molecule has 0 bridgehead atoms. The molecule has 2 N–H and O–H groups in total. The first-order chi connectivity index (χ1) is 22.5. The molecule has 5 aromatic rings. The van der Waals surface area contributed by atoms with E-state index in [-0.39, 0.29) is 24.3 Å². The van der Waals surface area contributed by atoms with Crippen LogP contribution in [0.2, 0.25) is 0 Å². The van der Waals surface area contributed by atoms with Crippen LogP contribution in [0.15, 0.2) is 96.3 Å². The van der Waals surface area contributed by atoms with Gasteiger partial charge in [-0.1, -0.05) is 54.6 Å². The number of methoxy groups -OCH3 is 3. The lowest BCUT2D eigenvalue weighted by Gasteiger charge is -2.37. The number of nitrogens with zero attached hydrogens (tertiary/aromatic N) is 3. The average Bonchev–Trinajstić information content (AvgIpc) is 3.67. The zero-order chi connectivity index (χ0) is 32.1. The molecule has 1 aliphatic heterocycles.